The molecule has 1 aliphatic heterocycles. The number of hydrogen-bond acceptors (Lipinski definition) is 5. The smallest absolute Gasteiger partial charge is 0.276 e. The zero-order valence-corrected chi connectivity index (χ0v) is 15.8. The van der Waals surface area contributed by atoms with Crippen LogP contribution < -0.4 is 10.2 Å². The standard InChI is InChI=1S/C22H20N6O/c29-22(18-10-11-21(26-25-18)27-12-5-6-13-27)24-17-8-2-1-7-16(17)19-15-28-14-4-3-9-20(28)23-19/h1-4,7-11,14-15H,5-6,12-13H2,(H,24,29). The van der Waals surface area contributed by atoms with Crippen LogP contribution in [0.2, 0.25) is 0 Å². The summed E-state index contributed by atoms with van der Waals surface area (Å²) in [5.41, 5.74) is 3.48. The number of nitrogens with one attached hydrogen (secondary N) is 1. The average molecular weight is 384 g/mol. The number of hydrogen-bond donors (Lipinski definition) is 1. The van der Waals surface area contributed by atoms with Crippen LogP contribution in [-0.4, -0.2) is 38.6 Å². The van der Waals surface area contributed by atoms with Gasteiger partial charge >= 0.3 is 0 Å². The molecule has 0 atom stereocenters. The minimum Gasteiger partial charge on any atom is -0.355 e. The van der Waals surface area contributed by atoms with Crippen molar-refractivity contribution in [1.82, 2.24) is 19.6 Å². The lowest BCUT2D eigenvalue weighted by Gasteiger charge is -2.15. The minimum atomic E-state index is -0.290. The van der Waals surface area contributed by atoms with Gasteiger partial charge in [-0.25, -0.2) is 4.98 Å². The number of imidazole rings is 1. The lowest BCUT2D eigenvalue weighted by molar-refractivity contribution is 0.102. The largest absolute Gasteiger partial charge is 0.355 e. The van der Waals surface area contributed by atoms with Gasteiger partial charge < -0.3 is 14.6 Å². The number of nitrogens with zero attached hydrogens (tertiary/aromatic N) is 5. The van der Waals surface area contributed by atoms with Gasteiger partial charge in [0, 0.05) is 31.0 Å². The maximum absolute atomic E-state index is 12.7. The maximum Gasteiger partial charge on any atom is 0.276 e. The molecule has 5 rings (SSSR count). The van der Waals surface area contributed by atoms with Crippen LogP contribution in [0.3, 0.4) is 0 Å². The third-order valence-corrected chi connectivity index (χ3v) is 5.13. The van der Waals surface area contributed by atoms with Gasteiger partial charge in [0.1, 0.15) is 5.65 Å². The van der Waals surface area contributed by atoms with Gasteiger partial charge in [0.15, 0.2) is 11.5 Å². The molecule has 1 N–H and O–H groups in total. The van der Waals surface area contributed by atoms with E-state index in [1.54, 1.807) is 6.07 Å². The van der Waals surface area contributed by atoms with Crippen LogP contribution in [-0.2, 0) is 0 Å². The second-order valence-electron chi connectivity index (χ2n) is 7.06. The monoisotopic (exact) mass is 384 g/mol. The van der Waals surface area contributed by atoms with Crippen LogP contribution in [0, 0.1) is 0 Å². The molecule has 1 saturated heterocycles. The number of para-hydroxylation sites is 1. The van der Waals surface area contributed by atoms with E-state index in [2.05, 4.69) is 25.4 Å². The van der Waals surface area contributed by atoms with Crippen LogP contribution >= 0.6 is 0 Å². The number of amides is 1. The average Bonchev–Trinajstić information content (AvgIpc) is 3.44. The first-order valence-corrected chi connectivity index (χ1v) is 9.71. The summed E-state index contributed by atoms with van der Waals surface area (Å²) in [6.45, 7) is 1.99. The summed E-state index contributed by atoms with van der Waals surface area (Å²) in [4.78, 5) is 19.6. The molecule has 1 aromatic carbocycles. The molecule has 1 aliphatic rings. The molecule has 1 amide bonds. The van der Waals surface area contributed by atoms with Crippen molar-refractivity contribution < 1.29 is 4.79 Å². The van der Waals surface area contributed by atoms with Crippen molar-refractivity contribution in [2.45, 2.75) is 12.8 Å². The summed E-state index contributed by atoms with van der Waals surface area (Å²) in [5, 5.41) is 11.3. The highest BCUT2D eigenvalue weighted by molar-refractivity contribution is 6.04. The van der Waals surface area contributed by atoms with E-state index < -0.39 is 0 Å². The van der Waals surface area contributed by atoms with E-state index in [0.717, 1.165) is 35.8 Å². The summed E-state index contributed by atoms with van der Waals surface area (Å²) in [6, 6.07) is 17.1. The van der Waals surface area contributed by atoms with E-state index in [1.807, 2.05) is 65.3 Å². The number of carbonyl (C=O) groups is 1. The summed E-state index contributed by atoms with van der Waals surface area (Å²) in [7, 11) is 0. The molecule has 29 heavy (non-hydrogen) atoms. The molecule has 1 fully saturated rings. The van der Waals surface area contributed by atoms with Crippen molar-refractivity contribution in [2.75, 3.05) is 23.3 Å². The Hall–Kier alpha value is -3.74. The van der Waals surface area contributed by atoms with E-state index in [9.17, 15) is 4.79 Å². The molecule has 0 saturated carbocycles. The summed E-state index contributed by atoms with van der Waals surface area (Å²) in [6.07, 6.45) is 6.24. The maximum atomic E-state index is 12.7. The Bertz CT molecular complexity index is 1130. The van der Waals surface area contributed by atoms with E-state index in [0.29, 0.717) is 5.69 Å². The van der Waals surface area contributed by atoms with Crippen LogP contribution in [0.5, 0.6) is 0 Å². The molecule has 0 aliphatic carbocycles. The highest BCUT2D eigenvalue weighted by Crippen LogP contribution is 2.28. The van der Waals surface area contributed by atoms with Gasteiger partial charge in [-0.15, -0.1) is 10.2 Å². The highest BCUT2D eigenvalue weighted by atomic mass is 16.1. The third kappa shape index (κ3) is 3.42. The first kappa shape index (κ1) is 17.4. The van der Waals surface area contributed by atoms with Crippen molar-refractivity contribution in [3.8, 4) is 11.3 Å². The first-order valence-electron chi connectivity index (χ1n) is 9.71. The molecule has 7 nitrogen and oxygen atoms in total. The molecule has 0 unspecified atom stereocenters. The van der Waals surface area contributed by atoms with Crippen LogP contribution in [0.4, 0.5) is 11.5 Å². The van der Waals surface area contributed by atoms with E-state index in [4.69, 9.17) is 0 Å². The first-order chi connectivity index (χ1) is 14.3. The second-order valence-corrected chi connectivity index (χ2v) is 7.06. The van der Waals surface area contributed by atoms with Crippen molar-refractivity contribution in [3.05, 3.63) is 72.7 Å². The zero-order valence-electron chi connectivity index (χ0n) is 15.8. The molecule has 0 bridgehead atoms. The molecular formula is C22H20N6O. The molecule has 144 valence electrons. The SMILES string of the molecule is O=C(Nc1ccccc1-c1cn2ccccc2n1)c1ccc(N2CCCC2)nn1. The number of pyridine rings is 1. The van der Waals surface area contributed by atoms with E-state index in [-0.39, 0.29) is 11.6 Å². The zero-order chi connectivity index (χ0) is 19.6. The Morgan fingerprint density at radius 3 is 2.55 bits per heavy atom. The van der Waals surface area contributed by atoms with Crippen LogP contribution in [0.1, 0.15) is 23.3 Å². The predicted octanol–water partition coefficient (Wildman–Crippen LogP) is 3.64. The number of anilines is 2. The number of fused-ring (bicyclic) bond motifs is 1. The summed E-state index contributed by atoms with van der Waals surface area (Å²) in [5.74, 6) is 0.533. The fourth-order valence-electron chi connectivity index (χ4n) is 3.63. The van der Waals surface area contributed by atoms with Crippen LogP contribution in [0.15, 0.2) is 67.0 Å². The van der Waals surface area contributed by atoms with E-state index in [1.165, 1.54) is 12.8 Å². The fourth-order valence-corrected chi connectivity index (χ4v) is 3.63. The molecule has 0 spiro atoms. The summed E-state index contributed by atoms with van der Waals surface area (Å²) < 4.78 is 1.95. The van der Waals surface area contributed by atoms with Crippen LogP contribution in [0.25, 0.3) is 16.9 Å². The van der Waals surface area contributed by atoms with Gasteiger partial charge in [-0.1, -0.05) is 24.3 Å². The van der Waals surface area contributed by atoms with Gasteiger partial charge in [-0.05, 0) is 43.2 Å². The fraction of sp³-hybridized carbons (Fsp3) is 0.182. The highest BCUT2D eigenvalue weighted by Gasteiger charge is 2.17. The lowest BCUT2D eigenvalue weighted by atomic mass is 10.1. The Morgan fingerprint density at radius 2 is 1.76 bits per heavy atom. The quantitative estimate of drug-likeness (QED) is 0.581. The van der Waals surface area contributed by atoms with Crippen molar-refractivity contribution >= 4 is 23.1 Å². The Labute approximate surface area is 168 Å². The van der Waals surface area contributed by atoms with Gasteiger partial charge in [-0.3, -0.25) is 4.79 Å². The van der Waals surface area contributed by atoms with E-state index >= 15 is 0 Å². The summed E-state index contributed by atoms with van der Waals surface area (Å²) >= 11 is 0. The number of rotatable bonds is 4. The molecule has 4 aromatic rings. The van der Waals surface area contributed by atoms with Gasteiger partial charge in [-0.2, -0.15) is 0 Å². The minimum absolute atomic E-state index is 0.290. The Morgan fingerprint density at radius 1 is 0.931 bits per heavy atom. The lowest BCUT2D eigenvalue weighted by Crippen LogP contribution is -2.21. The Balaban J connectivity index is 1.39. The molecule has 7 heteroatoms. The Kier molecular flexibility index (Phi) is 4.40. The van der Waals surface area contributed by atoms with Crippen molar-refractivity contribution in [2.24, 2.45) is 0 Å². The van der Waals surface area contributed by atoms with Crippen molar-refractivity contribution in [3.63, 3.8) is 0 Å². The second kappa shape index (κ2) is 7.35. The normalized spacial score (nSPS) is 13.7. The third-order valence-electron chi connectivity index (χ3n) is 5.13. The molecule has 4 heterocycles. The number of aromatic nitrogens is 4. The van der Waals surface area contributed by atoms with Crippen molar-refractivity contribution in [1.29, 1.82) is 0 Å². The molecule has 3 aromatic heterocycles. The molecule has 0 radical (unpaired) electrons. The predicted molar refractivity (Wildman–Crippen MR) is 112 cm³/mol. The number of carbonyl (C=O) groups excluding carboxylic acids is 1. The van der Waals surface area contributed by atoms with Gasteiger partial charge in [0.05, 0.1) is 11.4 Å². The van der Waals surface area contributed by atoms with Gasteiger partial charge in [0.25, 0.3) is 5.91 Å². The molecular weight excluding hydrogens is 364 g/mol. The number of benzene rings is 1. The van der Waals surface area contributed by atoms with Gasteiger partial charge in [0.2, 0.25) is 0 Å². The topological polar surface area (TPSA) is 75.4 Å².